The lowest BCUT2D eigenvalue weighted by atomic mass is 10.1. The Balaban J connectivity index is 1.72. The molecule has 0 aliphatic carbocycles. The standard InChI is InChI=1S/C20H24F3N5O4/c1-3-31-18(30)12(2)25-14-8-7-13(11-24-14)26-17(29)15-16(20(21,22)23)27-19(32-15)28-9-5-4-6-10-28/h7-8,11-12H,3-6,9-10H2,1-2H3,(H,24,25)(H,26,29). The lowest BCUT2D eigenvalue weighted by Gasteiger charge is -2.24. The molecule has 0 radical (unpaired) electrons. The van der Waals surface area contributed by atoms with E-state index in [-0.39, 0.29) is 18.3 Å². The van der Waals surface area contributed by atoms with Gasteiger partial charge in [-0.15, -0.1) is 0 Å². The number of aromatic nitrogens is 2. The van der Waals surface area contributed by atoms with Crippen LogP contribution < -0.4 is 15.5 Å². The van der Waals surface area contributed by atoms with E-state index in [9.17, 15) is 22.8 Å². The van der Waals surface area contributed by atoms with Crippen LogP contribution in [-0.4, -0.2) is 47.6 Å². The molecule has 1 aliphatic heterocycles. The molecule has 12 heteroatoms. The molecule has 1 amide bonds. The molecule has 0 saturated carbocycles. The molecule has 0 spiro atoms. The zero-order valence-electron chi connectivity index (χ0n) is 17.7. The second-order valence-electron chi connectivity index (χ2n) is 7.22. The fourth-order valence-electron chi connectivity index (χ4n) is 3.16. The molecule has 32 heavy (non-hydrogen) atoms. The van der Waals surface area contributed by atoms with Gasteiger partial charge in [-0.2, -0.15) is 18.2 Å². The highest BCUT2D eigenvalue weighted by Gasteiger charge is 2.42. The van der Waals surface area contributed by atoms with Crippen molar-refractivity contribution in [3.63, 3.8) is 0 Å². The smallest absolute Gasteiger partial charge is 0.437 e. The number of hydrogen-bond acceptors (Lipinski definition) is 8. The van der Waals surface area contributed by atoms with Crippen molar-refractivity contribution in [3.8, 4) is 0 Å². The molecule has 1 fully saturated rings. The van der Waals surface area contributed by atoms with E-state index in [1.807, 2.05) is 0 Å². The minimum absolute atomic E-state index is 0.147. The maximum Gasteiger partial charge on any atom is 0.437 e. The molecule has 1 saturated heterocycles. The number of anilines is 3. The number of carbonyl (C=O) groups is 2. The van der Waals surface area contributed by atoms with E-state index in [2.05, 4.69) is 20.6 Å². The molecule has 0 bridgehead atoms. The van der Waals surface area contributed by atoms with Crippen molar-refractivity contribution in [1.29, 1.82) is 0 Å². The van der Waals surface area contributed by atoms with Crippen molar-refractivity contribution in [2.45, 2.75) is 45.3 Å². The van der Waals surface area contributed by atoms with E-state index in [4.69, 9.17) is 9.15 Å². The normalized spacial score (nSPS) is 15.2. The van der Waals surface area contributed by atoms with Crippen LogP contribution >= 0.6 is 0 Å². The highest BCUT2D eigenvalue weighted by molar-refractivity contribution is 6.03. The van der Waals surface area contributed by atoms with Crippen LogP contribution in [0.2, 0.25) is 0 Å². The minimum Gasteiger partial charge on any atom is -0.464 e. The quantitative estimate of drug-likeness (QED) is 0.609. The van der Waals surface area contributed by atoms with Gasteiger partial charge < -0.3 is 24.7 Å². The Morgan fingerprint density at radius 3 is 2.56 bits per heavy atom. The van der Waals surface area contributed by atoms with Crippen molar-refractivity contribution in [2.75, 3.05) is 35.2 Å². The highest BCUT2D eigenvalue weighted by atomic mass is 19.4. The maximum absolute atomic E-state index is 13.4. The summed E-state index contributed by atoms with van der Waals surface area (Å²) in [7, 11) is 0. The van der Waals surface area contributed by atoms with Gasteiger partial charge in [0.2, 0.25) is 5.76 Å². The summed E-state index contributed by atoms with van der Waals surface area (Å²) in [6, 6.07) is 2.03. The number of oxazole rings is 1. The summed E-state index contributed by atoms with van der Waals surface area (Å²) in [6.45, 7) is 4.56. The Labute approximate surface area is 182 Å². The number of esters is 1. The molecule has 1 unspecified atom stereocenters. The maximum atomic E-state index is 13.4. The number of amides is 1. The van der Waals surface area contributed by atoms with Crippen LogP contribution in [0.25, 0.3) is 0 Å². The topological polar surface area (TPSA) is 110 Å². The fourth-order valence-corrected chi connectivity index (χ4v) is 3.16. The predicted octanol–water partition coefficient (Wildman–Crippen LogP) is 3.69. The first-order valence-electron chi connectivity index (χ1n) is 10.2. The monoisotopic (exact) mass is 455 g/mol. The van der Waals surface area contributed by atoms with Crippen LogP contribution in [0, 0.1) is 0 Å². The van der Waals surface area contributed by atoms with E-state index in [0.717, 1.165) is 19.3 Å². The van der Waals surface area contributed by atoms with E-state index < -0.39 is 35.5 Å². The zero-order chi connectivity index (χ0) is 23.3. The highest BCUT2D eigenvalue weighted by Crippen LogP contribution is 2.35. The molecule has 174 valence electrons. The number of nitrogens with zero attached hydrogens (tertiary/aromatic N) is 3. The van der Waals surface area contributed by atoms with Gasteiger partial charge in [0.25, 0.3) is 11.9 Å². The van der Waals surface area contributed by atoms with Gasteiger partial charge in [-0.25, -0.2) is 9.78 Å². The fraction of sp³-hybridized carbons (Fsp3) is 0.500. The molecule has 2 N–H and O–H groups in total. The van der Waals surface area contributed by atoms with Crippen LogP contribution in [0.4, 0.5) is 30.7 Å². The Bertz CT molecular complexity index is 940. The Morgan fingerprint density at radius 1 is 1.25 bits per heavy atom. The third-order valence-electron chi connectivity index (χ3n) is 4.74. The predicted molar refractivity (Wildman–Crippen MR) is 109 cm³/mol. The van der Waals surface area contributed by atoms with E-state index in [1.165, 1.54) is 18.3 Å². The largest absolute Gasteiger partial charge is 0.464 e. The second kappa shape index (κ2) is 9.88. The number of alkyl halides is 3. The first-order chi connectivity index (χ1) is 15.2. The Kier molecular flexibility index (Phi) is 7.21. The molecule has 3 heterocycles. The summed E-state index contributed by atoms with van der Waals surface area (Å²) in [5.41, 5.74) is -1.22. The van der Waals surface area contributed by atoms with Gasteiger partial charge in [-0.3, -0.25) is 4.79 Å². The number of pyridine rings is 1. The van der Waals surface area contributed by atoms with E-state index >= 15 is 0 Å². The second-order valence-corrected chi connectivity index (χ2v) is 7.22. The van der Waals surface area contributed by atoms with Crippen LogP contribution in [0.1, 0.15) is 49.4 Å². The van der Waals surface area contributed by atoms with E-state index in [1.54, 1.807) is 18.7 Å². The van der Waals surface area contributed by atoms with Gasteiger partial charge in [-0.05, 0) is 45.2 Å². The summed E-state index contributed by atoms with van der Waals surface area (Å²) in [5.74, 6) is -2.13. The van der Waals surface area contributed by atoms with E-state index in [0.29, 0.717) is 18.9 Å². The van der Waals surface area contributed by atoms with Gasteiger partial charge in [-0.1, -0.05) is 0 Å². The molecule has 0 aromatic carbocycles. The van der Waals surface area contributed by atoms with Gasteiger partial charge >= 0.3 is 12.1 Å². The van der Waals surface area contributed by atoms with Gasteiger partial charge in [0.1, 0.15) is 11.9 Å². The van der Waals surface area contributed by atoms with Crippen LogP contribution in [0.15, 0.2) is 22.7 Å². The molecule has 3 rings (SSSR count). The van der Waals surface area contributed by atoms with Crippen molar-refractivity contribution >= 4 is 29.4 Å². The zero-order valence-corrected chi connectivity index (χ0v) is 17.7. The molecule has 9 nitrogen and oxygen atoms in total. The Hall–Kier alpha value is -3.31. The summed E-state index contributed by atoms with van der Waals surface area (Å²) in [5, 5.41) is 5.16. The van der Waals surface area contributed by atoms with Crippen LogP contribution in [-0.2, 0) is 15.7 Å². The minimum atomic E-state index is -4.85. The first-order valence-corrected chi connectivity index (χ1v) is 10.2. The lowest BCUT2D eigenvalue weighted by Crippen LogP contribution is -2.29. The van der Waals surface area contributed by atoms with Gasteiger partial charge in [0.15, 0.2) is 5.69 Å². The third-order valence-corrected chi connectivity index (χ3v) is 4.74. The molecule has 2 aromatic rings. The number of piperidine rings is 1. The number of nitrogens with one attached hydrogen (secondary N) is 2. The molecular formula is C20H24F3N5O4. The van der Waals surface area contributed by atoms with Gasteiger partial charge in [0, 0.05) is 13.1 Å². The molecule has 1 atom stereocenters. The number of hydrogen-bond donors (Lipinski definition) is 2. The van der Waals surface area contributed by atoms with Crippen molar-refractivity contribution < 1.29 is 31.9 Å². The Morgan fingerprint density at radius 2 is 1.97 bits per heavy atom. The van der Waals surface area contributed by atoms with Crippen molar-refractivity contribution in [1.82, 2.24) is 9.97 Å². The van der Waals surface area contributed by atoms with Gasteiger partial charge in [0.05, 0.1) is 18.5 Å². The third kappa shape index (κ3) is 5.68. The molecule has 2 aromatic heterocycles. The summed E-state index contributed by atoms with van der Waals surface area (Å²) < 4.78 is 50.5. The molecule has 1 aliphatic rings. The average molecular weight is 455 g/mol. The van der Waals surface area contributed by atoms with Crippen molar-refractivity contribution in [3.05, 3.63) is 29.8 Å². The van der Waals surface area contributed by atoms with Crippen molar-refractivity contribution in [2.24, 2.45) is 0 Å². The summed E-state index contributed by atoms with van der Waals surface area (Å²) >= 11 is 0. The average Bonchev–Trinajstić information content (AvgIpc) is 3.22. The number of carbonyl (C=O) groups excluding carboxylic acids is 2. The van der Waals surface area contributed by atoms with Crippen LogP contribution in [0.3, 0.4) is 0 Å². The number of halogens is 3. The first kappa shape index (κ1) is 23.4. The number of rotatable bonds is 7. The lowest BCUT2D eigenvalue weighted by molar-refractivity contribution is -0.143. The number of ether oxygens (including phenoxy) is 1. The van der Waals surface area contributed by atoms with Crippen LogP contribution in [0.5, 0.6) is 0 Å². The molecular weight excluding hydrogens is 431 g/mol. The summed E-state index contributed by atoms with van der Waals surface area (Å²) in [6.07, 6.45) is -1.00. The SMILES string of the molecule is CCOC(=O)C(C)Nc1ccc(NC(=O)c2oc(N3CCCCC3)nc2C(F)(F)F)cn1. The summed E-state index contributed by atoms with van der Waals surface area (Å²) in [4.78, 5) is 33.4.